The minimum absolute atomic E-state index is 0.0905. The molecule has 28 heavy (non-hydrogen) atoms. The monoisotopic (exact) mass is 381 g/mol. The Balaban J connectivity index is 1.61. The van der Waals surface area contributed by atoms with Crippen LogP contribution in [0.2, 0.25) is 0 Å². The number of nitrogens with one attached hydrogen (secondary N) is 3. The van der Waals surface area contributed by atoms with E-state index in [-0.39, 0.29) is 18.0 Å². The highest BCUT2D eigenvalue weighted by Crippen LogP contribution is 2.15. The van der Waals surface area contributed by atoms with Gasteiger partial charge in [-0.2, -0.15) is 5.10 Å². The Labute approximate surface area is 161 Å². The Morgan fingerprint density at radius 1 is 1.39 bits per heavy atom. The molecule has 1 aliphatic rings. The van der Waals surface area contributed by atoms with Crippen molar-refractivity contribution >= 4 is 16.9 Å². The van der Waals surface area contributed by atoms with Crippen molar-refractivity contribution < 1.29 is 4.79 Å². The van der Waals surface area contributed by atoms with Crippen molar-refractivity contribution in [3.05, 3.63) is 57.3 Å². The Hall–Kier alpha value is -3.20. The van der Waals surface area contributed by atoms with Gasteiger partial charge in [-0.1, -0.05) is 0 Å². The molecule has 0 aliphatic carbocycles. The SMILES string of the molecule is CN(C)CCc1cc2n(c(=O)c1CNC(=O)c1ccnc3[nH]ncc13)NCC2. The molecule has 3 aromatic rings. The molecule has 0 fully saturated rings. The number of aromatic nitrogens is 4. The molecular formula is C19H23N7O2. The number of hydrogen-bond donors (Lipinski definition) is 3. The average molecular weight is 381 g/mol. The topological polar surface area (TPSA) is 108 Å². The number of carbonyl (C=O) groups excluding carboxylic acids is 1. The number of hydrogen-bond acceptors (Lipinski definition) is 6. The van der Waals surface area contributed by atoms with E-state index in [1.165, 1.54) is 0 Å². The molecule has 3 N–H and O–H groups in total. The van der Waals surface area contributed by atoms with E-state index in [4.69, 9.17) is 0 Å². The number of rotatable bonds is 6. The third-order valence-electron chi connectivity index (χ3n) is 4.98. The Bertz CT molecular complexity index is 1080. The summed E-state index contributed by atoms with van der Waals surface area (Å²) in [5.41, 5.74) is 6.64. The van der Waals surface area contributed by atoms with E-state index < -0.39 is 0 Å². The zero-order chi connectivity index (χ0) is 19.7. The fourth-order valence-electron chi connectivity index (χ4n) is 3.48. The molecule has 1 amide bonds. The number of carbonyl (C=O) groups is 1. The van der Waals surface area contributed by atoms with Gasteiger partial charge in [-0.05, 0) is 38.2 Å². The standard InChI is InChI=1S/C19H23N7O2/c1-25(2)8-5-12-9-13-3-7-23-26(13)19(28)15(12)10-21-18(27)14-4-6-20-17-16(14)11-22-24-17/h4,6,9,11,23H,3,5,7-8,10H2,1-2H3,(H,21,27)(H,20,22,24). The summed E-state index contributed by atoms with van der Waals surface area (Å²) in [4.78, 5) is 31.9. The van der Waals surface area contributed by atoms with Gasteiger partial charge < -0.3 is 15.6 Å². The highest BCUT2D eigenvalue weighted by molar-refractivity contribution is 6.05. The molecule has 0 aromatic carbocycles. The normalized spacial score (nSPS) is 13.0. The van der Waals surface area contributed by atoms with Gasteiger partial charge in [0.05, 0.1) is 17.1 Å². The smallest absolute Gasteiger partial charge is 0.274 e. The van der Waals surface area contributed by atoms with E-state index in [0.29, 0.717) is 22.2 Å². The van der Waals surface area contributed by atoms with Crippen molar-refractivity contribution in [3.8, 4) is 0 Å². The second-order valence-corrected chi connectivity index (χ2v) is 7.16. The van der Waals surface area contributed by atoms with Crippen LogP contribution in [0.1, 0.15) is 27.2 Å². The lowest BCUT2D eigenvalue weighted by Crippen LogP contribution is -2.34. The van der Waals surface area contributed by atoms with E-state index in [9.17, 15) is 9.59 Å². The average Bonchev–Trinajstić information content (AvgIpc) is 3.34. The van der Waals surface area contributed by atoms with Crippen LogP contribution in [0.3, 0.4) is 0 Å². The molecular weight excluding hydrogens is 358 g/mol. The first-order chi connectivity index (χ1) is 13.5. The van der Waals surface area contributed by atoms with Crippen molar-refractivity contribution in [1.82, 2.24) is 30.1 Å². The minimum atomic E-state index is -0.259. The Kier molecular flexibility index (Phi) is 4.82. The molecule has 0 atom stereocenters. The molecule has 1 aliphatic heterocycles. The van der Waals surface area contributed by atoms with Crippen LogP contribution in [0.15, 0.2) is 29.3 Å². The summed E-state index contributed by atoms with van der Waals surface area (Å²) in [6, 6.07) is 3.73. The quantitative estimate of drug-likeness (QED) is 0.565. The molecule has 0 saturated heterocycles. The van der Waals surface area contributed by atoms with Crippen LogP contribution in [0.5, 0.6) is 0 Å². The molecule has 0 unspecified atom stereocenters. The second-order valence-electron chi connectivity index (χ2n) is 7.16. The molecule has 0 bridgehead atoms. The van der Waals surface area contributed by atoms with Gasteiger partial charge in [0, 0.05) is 43.5 Å². The molecule has 9 heteroatoms. The van der Waals surface area contributed by atoms with Crippen molar-refractivity contribution in [2.45, 2.75) is 19.4 Å². The van der Waals surface area contributed by atoms with Crippen LogP contribution in [-0.2, 0) is 19.4 Å². The lowest BCUT2D eigenvalue weighted by molar-refractivity contribution is 0.0952. The number of pyridine rings is 2. The van der Waals surface area contributed by atoms with Crippen LogP contribution in [0, 0.1) is 0 Å². The molecule has 3 aromatic heterocycles. The van der Waals surface area contributed by atoms with E-state index in [0.717, 1.165) is 37.2 Å². The van der Waals surface area contributed by atoms with Crippen molar-refractivity contribution in [1.29, 1.82) is 0 Å². The first-order valence-electron chi connectivity index (χ1n) is 9.26. The third-order valence-corrected chi connectivity index (χ3v) is 4.98. The van der Waals surface area contributed by atoms with Gasteiger partial charge in [0.25, 0.3) is 11.5 Å². The van der Waals surface area contributed by atoms with E-state index in [2.05, 4.69) is 36.9 Å². The maximum Gasteiger partial charge on any atom is 0.274 e. The molecule has 4 heterocycles. The first kappa shape index (κ1) is 18.2. The zero-order valence-corrected chi connectivity index (χ0v) is 16.0. The Morgan fingerprint density at radius 3 is 3.07 bits per heavy atom. The molecule has 4 rings (SSSR count). The molecule has 0 saturated carbocycles. The zero-order valence-electron chi connectivity index (χ0n) is 16.0. The number of likely N-dealkylation sites (N-methyl/N-ethyl adjacent to an activating group) is 1. The number of H-pyrrole nitrogens is 1. The highest BCUT2D eigenvalue weighted by Gasteiger charge is 2.19. The van der Waals surface area contributed by atoms with Crippen LogP contribution < -0.4 is 16.3 Å². The van der Waals surface area contributed by atoms with Gasteiger partial charge in [0.1, 0.15) is 0 Å². The van der Waals surface area contributed by atoms with Gasteiger partial charge >= 0.3 is 0 Å². The van der Waals surface area contributed by atoms with Crippen LogP contribution in [-0.4, -0.2) is 57.8 Å². The summed E-state index contributed by atoms with van der Waals surface area (Å²) in [5.74, 6) is -0.259. The fourth-order valence-corrected chi connectivity index (χ4v) is 3.48. The number of fused-ring (bicyclic) bond motifs is 2. The van der Waals surface area contributed by atoms with Gasteiger partial charge in [0.15, 0.2) is 5.65 Å². The largest absolute Gasteiger partial charge is 0.348 e. The number of aromatic amines is 1. The summed E-state index contributed by atoms with van der Waals surface area (Å²) >= 11 is 0. The fraction of sp³-hybridized carbons (Fsp3) is 0.368. The van der Waals surface area contributed by atoms with Crippen molar-refractivity contribution in [2.75, 3.05) is 32.6 Å². The van der Waals surface area contributed by atoms with Crippen LogP contribution >= 0.6 is 0 Å². The lowest BCUT2D eigenvalue weighted by Gasteiger charge is -2.16. The second kappa shape index (κ2) is 7.43. The summed E-state index contributed by atoms with van der Waals surface area (Å²) in [6.07, 6.45) is 4.72. The Morgan fingerprint density at radius 2 is 2.25 bits per heavy atom. The minimum Gasteiger partial charge on any atom is -0.348 e. The molecule has 0 spiro atoms. The van der Waals surface area contributed by atoms with Gasteiger partial charge in [-0.15, -0.1) is 0 Å². The maximum absolute atomic E-state index is 13.0. The molecule has 146 valence electrons. The molecule has 0 radical (unpaired) electrons. The first-order valence-corrected chi connectivity index (χ1v) is 9.26. The lowest BCUT2D eigenvalue weighted by atomic mass is 10.0. The maximum atomic E-state index is 13.0. The van der Waals surface area contributed by atoms with Crippen molar-refractivity contribution in [3.63, 3.8) is 0 Å². The van der Waals surface area contributed by atoms with Gasteiger partial charge in [0.2, 0.25) is 0 Å². The van der Waals surface area contributed by atoms with E-state index in [1.54, 1.807) is 23.1 Å². The third kappa shape index (κ3) is 3.36. The summed E-state index contributed by atoms with van der Waals surface area (Å²) in [6.45, 7) is 1.75. The predicted molar refractivity (Wildman–Crippen MR) is 106 cm³/mol. The van der Waals surface area contributed by atoms with Gasteiger partial charge in [-0.3, -0.25) is 14.7 Å². The number of amides is 1. The summed E-state index contributed by atoms with van der Waals surface area (Å²) in [7, 11) is 4.01. The predicted octanol–water partition coefficient (Wildman–Crippen LogP) is 0.253. The number of nitrogens with zero attached hydrogens (tertiary/aromatic N) is 4. The highest BCUT2D eigenvalue weighted by atomic mass is 16.2. The van der Waals surface area contributed by atoms with Crippen molar-refractivity contribution in [2.24, 2.45) is 0 Å². The van der Waals surface area contributed by atoms with Crippen LogP contribution in [0.25, 0.3) is 11.0 Å². The summed E-state index contributed by atoms with van der Waals surface area (Å²) < 4.78 is 1.60. The van der Waals surface area contributed by atoms with E-state index in [1.807, 2.05) is 14.1 Å². The summed E-state index contributed by atoms with van der Waals surface area (Å²) in [5, 5.41) is 10.2. The van der Waals surface area contributed by atoms with Crippen LogP contribution in [0.4, 0.5) is 0 Å². The molecule has 9 nitrogen and oxygen atoms in total. The van der Waals surface area contributed by atoms with Gasteiger partial charge in [-0.25, -0.2) is 9.66 Å². The van der Waals surface area contributed by atoms with E-state index >= 15 is 0 Å².